The van der Waals surface area contributed by atoms with Gasteiger partial charge in [0, 0.05) is 16.8 Å². The van der Waals surface area contributed by atoms with Crippen LogP contribution in [0.1, 0.15) is 52.6 Å². The van der Waals surface area contributed by atoms with E-state index in [9.17, 15) is 4.79 Å². The van der Waals surface area contributed by atoms with Crippen molar-refractivity contribution in [2.75, 3.05) is 0 Å². The van der Waals surface area contributed by atoms with Crippen LogP contribution in [0.2, 0.25) is 0 Å². The number of aryl methyl sites for hydroxylation is 2. The maximum absolute atomic E-state index is 12.6. The second kappa shape index (κ2) is 7.68. The smallest absolute Gasteiger partial charge is 0.194 e. The number of rotatable bonds is 6. The number of ketones is 1. The number of hydrogen-bond acceptors (Lipinski definition) is 2. The summed E-state index contributed by atoms with van der Waals surface area (Å²) in [7, 11) is 0. The molecule has 118 valence electrons. The average Bonchev–Trinajstić information content (AvgIpc) is 2.53. The van der Waals surface area contributed by atoms with Crippen LogP contribution in [0.5, 0.6) is 0 Å². The van der Waals surface area contributed by atoms with Crippen LogP contribution >= 0.6 is 0 Å². The van der Waals surface area contributed by atoms with Gasteiger partial charge in [0.05, 0.1) is 5.69 Å². The van der Waals surface area contributed by atoms with E-state index in [4.69, 9.17) is 0 Å². The Balaban J connectivity index is 2.18. The van der Waals surface area contributed by atoms with Crippen molar-refractivity contribution >= 4 is 17.4 Å². The Labute approximate surface area is 138 Å². The lowest BCUT2D eigenvalue weighted by atomic mass is 9.99. The molecule has 2 nitrogen and oxygen atoms in total. The highest BCUT2D eigenvalue weighted by molar-refractivity contribution is 6.27. The molecule has 23 heavy (non-hydrogen) atoms. The molecule has 2 heteroatoms. The Kier molecular flexibility index (Phi) is 5.64. The van der Waals surface area contributed by atoms with Gasteiger partial charge in [0.15, 0.2) is 5.78 Å². The van der Waals surface area contributed by atoms with Crippen LogP contribution in [0.25, 0.3) is 11.6 Å². The van der Waals surface area contributed by atoms with Gasteiger partial charge < -0.3 is 0 Å². The van der Waals surface area contributed by atoms with E-state index >= 15 is 0 Å². The normalized spacial score (nSPS) is 10.9. The van der Waals surface area contributed by atoms with Gasteiger partial charge in [0.25, 0.3) is 0 Å². The van der Waals surface area contributed by atoms with E-state index in [1.807, 2.05) is 50.2 Å². The number of carbonyl (C=O) groups is 1. The van der Waals surface area contributed by atoms with Gasteiger partial charge in [-0.05, 0) is 43.5 Å². The predicted molar refractivity (Wildman–Crippen MR) is 97.5 cm³/mol. The van der Waals surface area contributed by atoms with Crippen LogP contribution in [0.3, 0.4) is 0 Å². The molecular formula is C21H23NO. The molecule has 0 radical (unpaired) electrons. The molecule has 0 saturated carbocycles. The number of allylic oxidation sites excluding steroid dienone is 2. The molecular weight excluding hydrogens is 282 g/mol. The zero-order valence-corrected chi connectivity index (χ0v) is 14.1. The second-order valence-electron chi connectivity index (χ2n) is 5.79. The Morgan fingerprint density at radius 3 is 2.48 bits per heavy atom. The molecule has 0 spiro atoms. The summed E-state index contributed by atoms with van der Waals surface area (Å²) in [4.78, 5) is 17.0. The number of Topliss-reactive ketones (excluding diaryl/α,β-unsaturated/α-hetero) is 1. The SMILES string of the molecule is C=C(C(=O)c1ccc(/C=C/CCC)cc1)c1cc(C)cc(C)n1. The summed E-state index contributed by atoms with van der Waals surface area (Å²) in [5.74, 6) is -0.0772. The molecule has 0 amide bonds. The fourth-order valence-corrected chi connectivity index (χ4v) is 2.42. The molecule has 1 aromatic carbocycles. The van der Waals surface area contributed by atoms with E-state index in [2.05, 4.69) is 30.6 Å². The number of unbranched alkanes of at least 4 members (excludes halogenated alkanes) is 1. The average molecular weight is 305 g/mol. The fraction of sp³-hybridized carbons (Fsp3) is 0.238. The summed E-state index contributed by atoms with van der Waals surface area (Å²) in [5, 5.41) is 0. The van der Waals surface area contributed by atoms with Crippen LogP contribution in [0.15, 0.2) is 49.1 Å². The summed E-state index contributed by atoms with van der Waals surface area (Å²) >= 11 is 0. The lowest BCUT2D eigenvalue weighted by molar-refractivity contribution is 0.105. The third kappa shape index (κ3) is 4.49. The van der Waals surface area contributed by atoms with E-state index in [-0.39, 0.29) is 5.78 Å². The number of hydrogen-bond donors (Lipinski definition) is 0. The molecule has 2 rings (SSSR count). The number of nitrogens with zero attached hydrogens (tertiary/aromatic N) is 1. The Morgan fingerprint density at radius 1 is 1.17 bits per heavy atom. The highest BCUT2D eigenvalue weighted by Crippen LogP contribution is 2.19. The standard InChI is InChI=1S/C21H23NO/c1-5-6-7-8-18-9-11-19(12-10-18)21(23)17(4)20-14-15(2)13-16(3)22-20/h7-14H,4-6H2,1-3H3/b8-7+. The van der Waals surface area contributed by atoms with E-state index in [0.717, 1.165) is 29.7 Å². The summed E-state index contributed by atoms with van der Waals surface area (Å²) in [6.45, 7) is 10.0. The summed E-state index contributed by atoms with van der Waals surface area (Å²) < 4.78 is 0. The third-order valence-electron chi connectivity index (χ3n) is 3.62. The summed E-state index contributed by atoms with van der Waals surface area (Å²) in [6.07, 6.45) is 6.43. The van der Waals surface area contributed by atoms with Crippen molar-refractivity contribution in [2.45, 2.75) is 33.6 Å². The maximum Gasteiger partial charge on any atom is 0.194 e. The van der Waals surface area contributed by atoms with Crippen molar-refractivity contribution in [1.29, 1.82) is 0 Å². The summed E-state index contributed by atoms with van der Waals surface area (Å²) in [5.41, 5.74) is 4.81. The molecule has 0 aliphatic rings. The molecule has 2 aromatic rings. The van der Waals surface area contributed by atoms with Crippen LogP contribution in [-0.4, -0.2) is 10.8 Å². The lowest BCUT2D eigenvalue weighted by Gasteiger charge is -2.07. The lowest BCUT2D eigenvalue weighted by Crippen LogP contribution is -2.04. The third-order valence-corrected chi connectivity index (χ3v) is 3.62. The zero-order valence-electron chi connectivity index (χ0n) is 14.1. The van der Waals surface area contributed by atoms with Crippen LogP contribution in [0, 0.1) is 13.8 Å². The minimum atomic E-state index is -0.0772. The Morgan fingerprint density at radius 2 is 1.87 bits per heavy atom. The predicted octanol–water partition coefficient (Wildman–Crippen LogP) is 5.41. The van der Waals surface area contributed by atoms with Crippen LogP contribution in [-0.2, 0) is 0 Å². The molecule has 0 N–H and O–H groups in total. The molecule has 0 saturated heterocycles. The zero-order chi connectivity index (χ0) is 16.8. The molecule has 0 unspecified atom stereocenters. The van der Waals surface area contributed by atoms with Crippen molar-refractivity contribution in [3.05, 3.63) is 77.1 Å². The van der Waals surface area contributed by atoms with Crippen molar-refractivity contribution in [2.24, 2.45) is 0 Å². The molecule has 1 aromatic heterocycles. The fourth-order valence-electron chi connectivity index (χ4n) is 2.42. The largest absolute Gasteiger partial charge is 0.289 e. The van der Waals surface area contributed by atoms with E-state index < -0.39 is 0 Å². The van der Waals surface area contributed by atoms with Gasteiger partial charge in [-0.1, -0.05) is 56.3 Å². The van der Waals surface area contributed by atoms with Gasteiger partial charge in [-0.15, -0.1) is 0 Å². The maximum atomic E-state index is 12.6. The molecule has 0 atom stereocenters. The van der Waals surface area contributed by atoms with Gasteiger partial charge in [-0.2, -0.15) is 0 Å². The topological polar surface area (TPSA) is 30.0 Å². The number of carbonyl (C=O) groups excluding carboxylic acids is 1. The van der Waals surface area contributed by atoms with Crippen LogP contribution in [0.4, 0.5) is 0 Å². The van der Waals surface area contributed by atoms with Crippen molar-refractivity contribution in [3.8, 4) is 0 Å². The Hall–Kier alpha value is -2.48. The summed E-state index contributed by atoms with van der Waals surface area (Å²) in [6, 6.07) is 11.5. The minimum Gasteiger partial charge on any atom is -0.289 e. The van der Waals surface area contributed by atoms with Crippen molar-refractivity contribution in [3.63, 3.8) is 0 Å². The minimum absolute atomic E-state index is 0.0772. The van der Waals surface area contributed by atoms with Gasteiger partial charge >= 0.3 is 0 Å². The van der Waals surface area contributed by atoms with E-state index in [0.29, 0.717) is 16.8 Å². The second-order valence-corrected chi connectivity index (χ2v) is 5.79. The van der Waals surface area contributed by atoms with Gasteiger partial charge in [0.2, 0.25) is 0 Å². The monoisotopic (exact) mass is 305 g/mol. The highest BCUT2D eigenvalue weighted by atomic mass is 16.1. The van der Waals surface area contributed by atoms with E-state index in [1.54, 1.807) is 0 Å². The van der Waals surface area contributed by atoms with Crippen molar-refractivity contribution < 1.29 is 4.79 Å². The molecule has 0 fully saturated rings. The van der Waals surface area contributed by atoms with Gasteiger partial charge in [0.1, 0.15) is 0 Å². The first-order valence-electron chi connectivity index (χ1n) is 7.97. The number of pyridine rings is 1. The van der Waals surface area contributed by atoms with E-state index in [1.165, 1.54) is 0 Å². The number of benzene rings is 1. The first kappa shape index (κ1) is 16.9. The van der Waals surface area contributed by atoms with Gasteiger partial charge in [-0.25, -0.2) is 0 Å². The highest BCUT2D eigenvalue weighted by Gasteiger charge is 2.13. The Bertz CT molecular complexity index is 719. The molecule has 0 aliphatic heterocycles. The molecule has 1 heterocycles. The van der Waals surface area contributed by atoms with Crippen molar-refractivity contribution in [1.82, 2.24) is 4.98 Å². The van der Waals surface area contributed by atoms with Crippen LogP contribution < -0.4 is 0 Å². The van der Waals surface area contributed by atoms with Gasteiger partial charge in [-0.3, -0.25) is 9.78 Å². The first-order valence-corrected chi connectivity index (χ1v) is 7.97. The first-order chi connectivity index (χ1) is 11.0. The molecule has 0 aliphatic carbocycles. The number of aromatic nitrogens is 1. The quantitative estimate of drug-likeness (QED) is 0.527. The molecule has 0 bridgehead atoms.